The molecule has 7 nitrogen and oxygen atoms in total. The molecule has 0 atom stereocenters. The van der Waals surface area contributed by atoms with Gasteiger partial charge in [-0.3, -0.25) is 4.79 Å². The van der Waals surface area contributed by atoms with Crippen LogP contribution >= 0.6 is 0 Å². The normalized spacial score (nSPS) is 10.8. The maximum atomic E-state index is 12.7. The van der Waals surface area contributed by atoms with Crippen LogP contribution in [-0.2, 0) is 4.74 Å². The zero-order valence-corrected chi connectivity index (χ0v) is 14.6. The number of nitrogens with zero attached hydrogens (tertiary/aromatic N) is 2. The van der Waals surface area contributed by atoms with Gasteiger partial charge in [-0.15, -0.1) is 0 Å². The van der Waals surface area contributed by atoms with Crippen molar-refractivity contribution in [3.8, 4) is 17.1 Å². The van der Waals surface area contributed by atoms with Crippen LogP contribution in [0.1, 0.15) is 10.5 Å². The Morgan fingerprint density at radius 1 is 1.15 bits per heavy atom. The second kappa shape index (κ2) is 8.98. The Hall–Kier alpha value is -2.90. The lowest BCUT2D eigenvalue weighted by molar-refractivity contribution is 0.0946. The highest BCUT2D eigenvalue weighted by molar-refractivity contribution is 5.94. The SMILES string of the molecule is COCCNCCNC(=O)c1cc(-c2ccco2)nn1-c1ccccc1. The maximum absolute atomic E-state index is 12.7. The topological polar surface area (TPSA) is 81.3 Å². The van der Waals surface area contributed by atoms with Gasteiger partial charge < -0.3 is 19.8 Å². The number of carbonyl (C=O) groups excluding carboxylic acids is 1. The quantitative estimate of drug-likeness (QED) is 0.575. The molecule has 2 heterocycles. The fourth-order valence-electron chi connectivity index (χ4n) is 2.51. The Bertz CT molecular complexity index is 813. The molecule has 0 aliphatic carbocycles. The zero-order chi connectivity index (χ0) is 18.2. The predicted molar refractivity (Wildman–Crippen MR) is 98.3 cm³/mol. The minimum Gasteiger partial charge on any atom is -0.463 e. The van der Waals surface area contributed by atoms with E-state index in [1.807, 2.05) is 36.4 Å². The van der Waals surface area contributed by atoms with E-state index < -0.39 is 0 Å². The second-order valence-corrected chi connectivity index (χ2v) is 5.64. The minimum absolute atomic E-state index is 0.187. The summed E-state index contributed by atoms with van der Waals surface area (Å²) in [6.45, 7) is 2.57. The molecule has 3 aromatic rings. The van der Waals surface area contributed by atoms with Crippen molar-refractivity contribution in [3.63, 3.8) is 0 Å². The van der Waals surface area contributed by atoms with E-state index in [-0.39, 0.29) is 5.91 Å². The van der Waals surface area contributed by atoms with Crippen LogP contribution in [-0.4, -0.2) is 49.0 Å². The number of hydrogen-bond acceptors (Lipinski definition) is 5. The van der Waals surface area contributed by atoms with Gasteiger partial charge in [-0.25, -0.2) is 4.68 Å². The fourth-order valence-corrected chi connectivity index (χ4v) is 2.51. The van der Waals surface area contributed by atoms with Crippen molar-refractivity contribution in [2.75, 3.05) is 33.4 Å². The molecule has 7 heteroatoms. The van der Waals surface area contributed by atoms with Gasteiger partial charge in [0.2, 0.25) is 0 Å². The number of amides is 1. The summed E-state index contributed by atoms with van der Waals surface area (Å²) in [6, 6.07) is 14.9. The van der Waals surface area contributed by atoms with Gasteiger partial charge in [0.1, 0.15) is 11.4 Å². The molecule has 26 heavy (non-hydrogen) atoms. The van der Waals surface area contributed by atoms with Crippen molar-refractivity contribution in [3.05, 3.63) is 60.5 Å². The molecule has 0 spiro atoms. The highest BCUT2D eigenvalue weighted by atomic mass is 16.5. The molecule has 0 aliphatic heterocycles. The summed E-state index contributed by atoms with van der Waals surface area (Å²) in [6.07, 6.45) is 1.59. The first-order valence-electron chi connectivity index (χ1n) is 8.47. The molecule has 0 bridgehead atoms. The Kier molecular flexibility index (Phi) is 6.19. The molecule has 1 amide bonds. The Labute approximate surface area is 152 Å². The van der Waals surface area contributed by atoms with Gasteiger partial charge in [-0.1, -0.05) is 18.2 Å². The third kappa shape index (κ3) is 4.38. The Morgan fingerprint density at radius 2 is 2.00 bits per heavy atom. The molecule has 2 N–H and O–H groups in total. The van der Waals surface area contributed by atoms with Crippen LogP contribution in [0.3, 0.4) is 0 Å². The average Bonchev–Trinajstić information content (AvgIpc) is 3.34. The van der Waals surface area contributed by atoms with Crippen molar-refractivity contribution >= 4 is 5.91 Å². The highest BCUT2D eigenvalue weighted by Gasteiger charge is 2.18. The fraction of sp³-hybridized carbons (Fsp3) is 0.263. The zero-order valence-electron chi connectivity index (χ0n) is 14.6. The number of para-hydroxylation sites is 1. The monoisotopic (exact) mass is 354 g/mol. The summed E-state index contributed by atoms with van der Waals surface area (Å²) in [7, 11) is 1.66. The average molecular weight is 354 g/mol. The van der Waals surface area contributed by atoms with Crippen molar-refractivity contribution in [2.45, 2.75) is 0 Å². The molecule has 0 unspecified atom stereocenters. The Balaban J connectivity index is 1.75. The van der Waals surface area contributed by atoms with Crippen molar-refractivity contribution in [1.82, 2.24) is 20.4 Å². The summed E-state index contributed by atoms with van der Waals surface area (Å²) >= 11 is 0. The number of furan rings is 1. The molecule has 136 valence electrons. The molecule has 0 saturated carbocycles. The molecule has 0 radical (unpaired) electrons. The summed E-state index contributed by atoms with van der Waals surface area (Å²) in [5, 5.41) is 10.6. The summed E-state index contributed by atoms with van der Waals surface area (Å²) in [5.74, 6) is 0.433. The summed E-state index contributed by atoms with van der Waals surface area (Å²) in [4.78, 5) is 12.7. The lowest BCUT2D eigenvalue weighted by Gasteiger charge is -2.09. The molecule has 0 aliphatic rings. The van der Waals surface area contributed by atoms with E-state index in [9.17, 15) is 4.79 Å². The third-order valence-corrected chi connectivity index (χ3v) is 3.79. The van der Waals surface area contributed by atoms with Crippen LogP contribution in [0.2, 0.25) is 0 Å². The van der Waals surface area contributed by atoms with Crippen LogP contribution in [0.4, 0.5) is 0 Å². The molecule has 0 fully saturated rings. The van der Waals surface area contributed by atoms with Gasteiger partial charge in [0.05, 0.1) is 18.6 Å². The van der Waals surface area contributed by atoms with Gasteiger partial charge in [0.15, 0.2) is 5.76 Å². The highest BCUT2D eigenvalue weighted by Crippen LogP contribution is 2.22. The summed E-state index contributed by atoms with van der Waals surface area (Å²) in [5.41, 5.74) is 1.88. The van der Waals surface area contributed by atoms with Gasteiger partial charge in [-0.05, 0) is 24.3 Å². The van der Waals surface area contributed by atoms with E-state index in [0.717, 1.165) is 12.2 Å². The third-order valence-electron chi connectivity index (χ3n) is 3.79. The van der Waals surface area contributed by atoms with Crippen molar-refractivity contribution < 1.29 is 13.9 Å². The van der Waals surface area contributed by atoms with Gasteiger partial charge in [0, 0.05) is 32.8 Å². The number of rotatable bonds is 9. The number of carbonyl (C=O) groups is 1. The first-order valence-corrected chi connectivity index (χ1v) is 8.47. The van der Waals surface area contributed by atoms with Gasteiger partial charge in [-0.2, -0.15) is 5.10 Å². The largest absolute Gasteiger partial charge is 0.463 e. The maximum Gasteiger partial charge on any atom is 0.270 e. The summed E-state index contributed by atoms with van der Waals surface area (Å²) < 4.78 is 12.0. The van der Waals surface area contributed by atoms with E-state index in [1.54, 1.807) is 30.2 Å². The van der Waals surface area contributed by atoms with Crippen LogP contribution in [0.15, 0.2) is 59.2 Å². The van der Waals surface area contributed by atoms with Crippen LogP contribution < -0.4 is 10.6 Å². The number of aromatic nitrogens is 2. The molecular weight excluding hydrogens is 332 g/mol. The van der Waals surface area contributed by atoms with Crippen molar-refractivity contribution in [1.29, 1.82) is 0 Å². The van der Waals surface area contributed by atoms with Gasteiger partial charge in [0.25, 0.3) is 5.91 Å². The molecule has 0 saturated heterocycles. The molecular formula is C19H22N4O3. The van der Waals surface area contributed by atoms with E-state index in [1.165, 1.54) is 0 Å². The number of ether oxygens (including phenoxy) is 1. The van der Waals surface area contributed by atoms with E-state index in [4.69, 9.17) is 9.15 Å². The van der Waals surface area contributed by atoms with Crippen LogP contribution in [0, 0.1) is 0 Å². The number of methoxy groups -OCH3 is 1. The minimum atomic E-state index is -0.187. The number of nitrogens with one attached hydrogen (secondary N) is 2. The van der Waals surface area contributed by atoms with Crippen LogP contribution in [0.25, 0.3) is 17.1 Å². The lowest BCUT2D eigenvalue weighted by atomic mass is 10.2. The first kappa shape index (κ1) is 17.9. The molecule has 1 aromatic carbocycles. The molecule has 2 aromatic heterocycles. The lowest BCUT2D eigenvalue weighted by Crippen LogP contribution is -2.34. The van der Waals surface area contributed by atoms with Gasteiger partial charge >= 0.3 is 0 Å². The van der Waals surface area contributed by atoms with Crippen molar-refractivity contribution in [2.24, 2.45) is 0 Å². The number of benzene rings is 1. The predicted octanol–water partition coefficient (Wildman–Crippen LogP) is 2.10. The van der Waals surface area contributed by atoms with E-state index in [0.29, 0.717) is 36.8 Å². The smallest absolute Gasteiger partial charge is 0.270 e. The molecule has 3 rings (SSSR count). The second-order valence-electron chi connectivity index (χ2n) is 5.64. The number of hydrogen-bond donors (Lipinski definition) is 2. The van der Waals surface area contributed by atoms with Crippen LogP contribution in [0.5, 0.6) is 0 Å². The standard InChI is InChI=1S/C19H22N4O3/c1-25-13-11-20-9-10-21-19(24)17-14-16(18-8-5-12-26-18)22-23(17)15-6-3-2-4-7-15/h2-8,12,14,20H,9-11,13H2,1H3,(H,21,24). The Morgan fingerprint density at radius 3 is 2.73 bits per heavy atom. The van der Waals surface area contributed by atoms with E-state index in [2.05, 4.69) is 15.7 Å². The van der Waals surface area contributed by atoms with E-state index >= 15 is 0 Å². The first-order chi connectivity index (χ1) is 12.8.